The summed E-state index contributed by atoms with van der Waals surface area (Å²) in [6.45, 7) is 13.8. The van der Waals surface area contributed by atoms with Gasteiger partial charge in [0, 0.05) is 42.5 Å². The van der Waals surface area contributed by atoms with Crippen molar-refractivity contribution in [2.24, 2.45) is 0 Å². The molecule has 0 radical (unpaired) electrons. The molecule has 4 aliphatic heterocycles. The lowest BCUT2D eigenvalue weighted by molar-refractivity contribution is -0.239. The Morgan fingerprint density at radius 1 is 0.786 bits per heavy atom. The van der Waals surface area contributed by atoms with E-state index in [2.05, 4.69) is 6.92 Å². The number of rotatable bonds is 13. The summed E-state index contributed by atoms with van der Waals surface area (Å²) >= 11 is 0. The average molecular weight is 797 g/mol. The fourth-order valence-corrected chi connectivity index (χ4v) is 9.41. The van der Waals surface area contributed by atoms with Gasteiger partial charge in [-0.2, -0.15) is 0 Å². The Bertz CT molecular complexity index is 1990. The third kappa shape index (κ3) is 6.92. The summed E-state index contributed by atoms with van der Waals surface area (Å²) in [5.41, 5.74) is 0.957. The van der Waals surface area contributed by atoms with Gasteiger partial charge in [-0.1, -0.05) is 31.5 Å². The predicted molar refractivity (Wildman–Crippen MR) is 199 cm³/mol. The lowest BCUT2D eigenvalue weighted by atomic mass is 9.77. The largest absolute Gasteiger partial charge is 0.530 e. The second kappa shape index (κ2) is 14.7. The Morgan fingerprint density at radius 3 is 1.98 bits per heavy atom. The number of esters is 1. The number of phosphoric acid groups is 1. The van der Waals surface area contributed by atoms with Crippen LogP contribution in [0.25, 0.3) is 0 Å². The quantitative estimate of drug-likeness (QED) is 0.0719. The van der Waals surface area contributed by atoms with Crippen molar-refractivity contribution in [1.29, 1.82) is 0 Å². The molecule has 3 aromatic rings. The number of ether oxygens (including phenoxy) is 9. The first kappa shape index (κ1) is 39.3. The molecule has 0 N–H and O–H groups in total. The fraction of sp³-hybridized carbons (Fsp3) is 0.537. The second-order valence-corrected chi connectivity index (χ2v) is 16.9. The van der Waals surface area contributed by atoms with Gasteiger partial charge in [0.2, 0.25) is 0 Å². The van der Waals surface area contributed by atoms with Crippen LogP contribution in [-0.4, -0.2) is 80.8 Å². The van der Waals surface area contributed by atoms with Crippen LogP contribution < -0.4 is 14.0 Å². The van der Waals surface area contributed by atoms with E-state index in [9.17, 15) is 9.36 Å². The highest BCUT2D eigenvalue weighted by atomic mass is 31.2. The van der Waals surface area contributed by atoms with E-state index >= 15 is 0 Å². The van der Waals surface area contributed by atoms with Gasteiger partial charge in [0.1, 0.15) is 59.6 Å². The van der Waals surface area contributed by atoms with Crippen LogP contribution in [0.4, 0.5) is 0 Å². The normalized spacial score (nSPS) is 30.5. The van der Waals surface area contributed by atoms with Gasteiger partial charge >= 0.3 is 13.8 Å². The van der Waals surface area contributed by atoms with Crippen molar-refractivity contribution in [1.82, 2.24) is 0 Å². The predicted octanol–water partition coefficient (Wildman–Crippen LogP) is 7.77. The molecule has 3 aromatic carbocycles. The third-order valence-electron chi connectivity index (χ3n) is 10.5. The van der Waals surface area contributed by atoms with Crippen molar-refractivity contribution in [2.75, 3.05) is 20.3 Å². The van der Waals surface area contributed by atoms with Crippen LogP contribution in [0.15, 0.2) is 60.7 Å². The van der Waals surface area contributed by atoms with Crippen molar-refractivity contribution in [3.63, 3.8) is 0 Å². The van der Waals surface area contributed by atoms with Gasteiger partial charge < -0.3 is 47.2 Å². The summed E-state index contributed by atoms with van der Waals surface area (Å²) in [6.07, 6.45) is -3.55. The number of phosphoric ester groups is 1. The monoisotopic (exact) mass is 796 g/mol. The van der Waals surface area contributed by atoms with Gasteiger partial charge in [0.05, 0.1) is 12.2 Å². The minimum absolute atomic E-state index is 0.101. The maximum Gasteiger partial charge on any atom is 0.530 e. The highest BCUT2D eigenvalue weighted by Crippen LogP contribution is 2.59. The first-order valence-electron chi connectivity index (χ1n) is 19.1. The van der Waals surface area contributed by atoms with Crippen LogP contribution in [0.2, 0.25) is 0 Å². The SMILES string of the molecule is CCCCOc1ccc2c(c1)Oc1cc(O[P@@](=O)(OC)OC3[C@@H]4OC(C)(C)O[C@@H]4C(O[C@@H](C)OCC)[C@@H]4OC(C)(C)O[C@@H]34)ccc1[C@]21OC(=O)c2ccccc21. The summed E-state index contributed by atoms with van der Waals surface area (Å²) in [6, 6.07) is 17.6. The summed E-state index contributed by atoms with van der Waals surface area (Å²) in [7, 11) is -3.22. The molecule has 302 valence electrons. The Balaban J connectivity index is 1.13. The van der Waals surface area contributed by atoms with E-state index in [0.717, 1.165) is 12.8 Å². The molecule has 1 aliphatic carbocycles. The van der Waals surface area contributed by atoms with E-state index in [1.54, 1.807) is 71.0 Å². The van der Waals surface area contributed by atoms with Crippen molar-refractivity contribution in [3.05, 3.63) is 82.9 Å². The number of carbonyl (C=O) groups excluding carboxylic acids is 1. The lowest BCUT2D eigenvalue weighted by Gasteiger charge is -2.43. The van der Waals surface area contributed by atoms with E-state index < -0.39 is 73.9 Å². The number of hydrogen-bond acceptors (Lipinski definition) is 14. The van der Waals surface area contributed by atoms with Gasteiger partial charge in [0.15, 0.2) is 23.5 Å². The summed E-state index contributed by atoms with van der Waals surface area (Å²) in [5, 5.41) is 0. The van der Waals surface area contributed by atoms with Crippen LogP contribution >= 0.6 is 7.82 Å². The van der Waals surface area contributed by atoms with Crippen LogP contribution in [-0.2, 0) is 52.4 Å². The molecule has 15 heteroatoms. The standard InChI is InChI=1S/C41H49O14P/c1-9-11-20-46-24-16-18-28-30(21-24)48-31-22-25(17-19-29(31)41(28)27-15-13-12-14-26(27)38(42)53-41)54-56(43,44-8)55-37-35-33(49-39(4,5)51-35)32(47-23(3)45-10-2)34-36(37)52-40(6,7)50-34/h12-19,21-23,32-37H,9-11,20H2,1-8H3/t23-,32?,33-,34+,35+,36+,37?,41+,56+/m0/s1. The fourth-order valence-electron chi connectivity index (χ4n) is 8.29. The molecule has 14 nitrogen and oxygen atoms in total. The van der Waals surface area contributed by atoms with E-state index in [-0.39, 0.29) is 5.75 Å². The first-order valence-corrected chi connectivity index (χ1v) is 20.6. The summed E-state index contributed by atoms with van der Waals surface area (Å²) in [4.78, 5) is 13.4. The minimum atomic E-state index is -4.45. The van der Waals surface area contributed by atoms with Crippen LogP contribution in [0.3, 0.4) is 0 Å². The molecule has 4 heterocycles. The van der Waals surface area contributed by atoms with E-state index in [0.29, 0.717) is 52.7 Å². The maximum absolute atomic E-state index is 14.6. The van der Waals surface area contributed by atoms with Crippen LogP contribution in [0.1, 0.15) is 88.4 Å². The van der Waals surface area contributed by atoms with Gasteiger partial charge in [-0.25, -0.2) is 9.36 Å². The summed E-state index contributed by atoms with van der Waals surface area (Å²) < 4.78 is 89.0. The van der Waals surface area contributed by atoms with Gasteiger partial charge in [-0.15, -0.1) is 0 Å². The number of hydrogen-bond donors (Lipinski definition) is 0. The van der Waals surface area contributed by atoms with Gasteiger partial charge in [-0.05, 0) is 78.3 Å². The average Bonchev–Trinajstić information content (AvgIpc) is 3.77. The van der Waals surface area contributed by atoms with Crippen molar-refractivity contribution < 1.29 is 65.6 Å². The smallest absolute Gasteiger partial charge is 0.493 e. The molecular formula is C41H49O14P. The zero-order valence-electron chi connectivity index (χ0n) is 32.8. The molecule has 1 spiro atoms. The topological polar surface area (TPSA) is 145 Å². The molecule has 1 saturated carbocycles. The Labute approximate surface area is 326 Å². The zero-order valence-corrected chi connectivity index (χ0v) is 33.7. The Hall–Kier alpha value is -3.56. The third-order valence-corrected chi connectivity index (χ3v) is 11.9. The summed E-state index contributed by atoms with van der Waals surface area (Å²) in [5.74, 6) is -1.13. The molecule has 2 saturated heterocycles. The van der Waals surface area contributed by atoms with Crippen molar-refractivity contribution >= 4 is 13.8 Å². The lowest BCUT2D eigenvalue weighted by Crippen LogP contribution is -2.63. The molecule has 0 bridgehead atoms. The highest BCUT2D eigenvalue weighted by molar-refractivity contribution is 7.48. The van der Waals surface area contributed by atoms with E-state index in [1.165, 1.54) is 7.11 Å². The van der Waals surface area contributed by atoms with Crippen molar-refractivity contribution in [3.8, 4) is 23.0 Å². The highest BCUT2D eigenvalue weighted by Gasteiger charge is 2.66. The Morgan fingerprint density at radius 2 is 1.38 bits per heavy atom. The molecule has 2 unspecified atom stereocenters. The molecular weight excluding hydrogens is 747 g/mol. The molecule has 0 aromatic heterocycles. The van der Waals surface area contributed by atoms with E-state index in [4.69, 9.17) is 56.2 Å². The number of unbranched alkanes of at least 4 members (excludes halogenated alkanes) is 1. The number of fused-ring (bicyclic) bond motifs is 8. The first-order chi connectivity index (χ1) is 26.7. The van der Waals surface area contributed by atoms with Crippen molar-refractivity contribution in [2.45, 2.75) is 121 Å². The van der Waals surface area contributed by atoms with Gasteiger partial charge in [-0.3, -0.25) is 9.05 Å². The molecule has 0 amide bonds. The molecule has 5 aliphatic rings. The minimum Gasteiger partial charge on any atom is -0.493 e. The zero-order chi connectivity index (χ0) is 39.6. The molecule has 3 fully saturated rings. The number of carbonyl (C=O) groups is 1. The maximum atomic E-state index is 14.6. The molecule has 56 heavy (non-hydrogen) atoms. The number of benzene rings is 3. The van der Waals surface area contributed by atoms with E-state index in [1.807, 2.05) is 31.2 Å². The van der Waals surface area contributed by atoms with Gasteiger partial charge in [0.25, 0.3) is 0 Å². The molecule has 8 rings (SSSR count). The second-order valence-electron chi connectivity index (χ2n) is 15.3. The Kier molecular flexibility index (Phi) is 10.3. The van der Waals surface area contributed by atoms with Crippen LogP contribution in [0.5, 0.6) is 23.0 Å². The molecule has 9 atom stereocenters. The van der Waals surface area contributed by atoms with Crippen LogP contribution in [0, 0.1) is 0 Å².